The number of halogens is 2. The van der Waals surface area contributed by atoms with E-state index in [1.165, 1.54) is 0 Å². The smallest absolute Gasteiger partial charge is 0.203 e. The van der Waals surface area contributed by atoms with Crippen molar-refractivity contribution >= 4 is 31.9 Å². The fourth-order valence-corrected chi connectivity index (χ4v) is 1.27. The molecule has 0 bridgehead atoms. The molecule has 14 heavy (non-hydrogen) atoms. The summed E-state index contributed by atoms with van der Waals surface area (Å²) in [6.45, 7) is -0.770. The Morgan fingerprint density at radius 1 is 1.00 bits per heavy atom. The van der Waals surface area contributed by atoms with Gasteiger partial charge in [-0.25, -0.2) is 0 Å². The third-order valence-electron chi connectivity index (χ3n) is 1.61. The van der Waals surface area contributed by atoms with E-state index >= 15 is 0 Å². The molecule has 0 aromatic rings. The highest BCUT2D eigenvalue weighted by molar-refractivity contribution is 9.25. The zero-order valence-corrected chi connectivity index (χ0v) is 10.1. The van der Waals surface area contributed by atoms with E-state index in [1.54, 1.807) is 0 Å². The number of aliphatic hydroxyl groups is 6. The monoisotopic (exact) mass is 338 g/mol. The van der Waals surface area contributed by atoms with Crippen molar-refractivity contribution in [3.63, 3.8) is 0 Å². The molecule has 0 saturated heterocycles. The Morgan fingerprint density at radius 2 is 1.43 bits per heavy atom. The minimum Gasteiger partial charge on any atom is -0.394 e. The van der Waals surface area contributed by atoms with Gasteiger partial charge in [-0.05, 0) is 31.9 Å². The summed E-state index contributed by atoms with van der Waals surface area (Å²) in [5.41, 5.74) is 0. The van der Waals surface area contributed by atoms with Gasteiger partial charge in [-0.2, -0.15) is 0 Å². The molecule has 0 radical (unpaired) electrons. The minimum atomic E-state index is -1.98. The van der Waals surface area contributed by atoms with Crippen molar-refractivity contribution in [2.75, 3.05) is 6.61 Å². The summed E-state index contributed by atoms with van der Waals surface area (Å²) in [6.07, 6.45) is -6.96. The average Bonchev–Trinajstić information content (AvgIpc) is 2.11. The Bertz CT molecular complexity index is 172. The number of hydrogen-bond acceptors (Lipinski definition) is 6. The van der Waals surface area contributed by atoms with E-state index in [4.69, 9.17) is 20.4 Å². The van der Waals surface area contributed by atoms with Gasteiger partial charge >= 0.3 is 0 Å². The van der Waals surface area contributed by atoms with Crippen LogP contribution in [0.1, 0.15) is 0 Å². The summed E-state index contributed by atoms with van der Waals surface area (Å²) in [4.78, 5) is 0. The molecule has 86 valence electrons. The Balaban J connectivity index is 4.38. The van der Waals surface area contributed by atoms with Crippen LogP contribution < -0.4 is 0 Å². The quantitative estimate of drug-likeness (QED) is 0.318. The molecule has 0 rings (SSSR count). The maximum atomic E-state index is 9.23. The van der Waals surface area contributed by atoms with Gasteiger partial charge in [0.05, 0.1) is 6.61 Å². The van der Waals surface area contributed by atoms with Crippen LogP contribution >= 0.6 is 31.9 Å². The molecule has 0 unspecified atom stereocenters. The number of aliphatic hydroxyl groups excluding tert-OH is 5. The van der Waals surface area contributed by atoms with Crippen molar-refractivity contribution in [1.82, 2.24) is 0 Å². The van der Waals surface area contributed by atoms with E-state index in [-0.39, 0.29) is 0 Å². The second-order valence-electron chi connectivity index (χ2n) is 2.76. The number of alkyl halides is 2. The third kappa shape index (κ3) is 4.07. The van der Waals surface area contributed by atoms with Crippen LogP contribution in [0.5, 0.6) is 0 Å². The van der Waals surface area contributed by atoms with Gasteiger partial charge in [0.1, 0.15) is 24.4 Å². The van der Waals surface area contributed by atoms with Gasteiger partial charge in [0.15, 0.2) is 0 Å². The van der Waals surface area contributed by atoms with Crippen LogP contribution in [0.25, 0.3) is 0 Å². The lowest BCUT2D eigenvalue weighted by Crippen LogP contribution is -2.51. The maximum Gasteiger partial charge on any atom is 0.203 e. The van der Waals surface area contributed by atoms with Crippen LogP contribution in [0.2, 0.25) is 0 Å². The molecule has 0 saturated carbocycles. The molecule has 8 heteroatoms. The summed E-state index contributed by atoms with van der Waals surface area (Å²) in [5.74, 6) is 0. The molecule has 0 aliphatic carbocycles. The van der Waals surface area contributed by atoms with E-state index in [0.717, 1.165) is 0 Å². The topological polar surface area (TPSA) is 121 Å². The van der Waals surface area contributed by atoms with Crippen molar-refractivity contribution in [3.8, 4) is 0 Å². The van der Waals surface area contributed by atoms with Crippen LogP contribution in [0.15, 0.2) is 0 Å². The molecular formula is C6H12Br2O6. The molecule has 0 heterocycles. The second kappa shape index (κ2) is 5.71. The Morgan fingerprint density at radius 3 is 1.71 bits per heavy atom. The standard InChI is InChI=1S/C6H12Br2O6/c7-6(8,14)5(13)4(12)3(11)2(10)1-9/h2-5,9-14H,1H2/t2-,3-,4+,5-/m1/s1. The van der Waals surface area contributed by atoms with Gasteiger partial charge in [-0.1, -0.05) is 0 Å². The minimum absolute atomic E-state index is 0.770. The highest BCUT2D eigenvalue weighted by Crippen LogP contribution is 2.29. The molecule has 0 amide bonds. The van der Waals surface area contributed by atoms with Gasteiger partial charge in [0, 0.05) is 0 Å². The predicted octanol–water partition coefficient (Wildman–Crippen LogP) is -2.14. The Labute approximate surface area is 97.1 Å². The summed E-state index contributed by atoms with van der Waals surface area (Å²) < 4.78 is -1.98. The normalized spacial score (nSPS) is 21.4. The van der Waals surface area contributed by atoms with Gasteiger partial charge < -0.3 is 30.6 Å². The molecule has 6 nitrogen and oxygen atoms in total. The van der Waals surface area contributed by atoms with Gasteiger partial charge in [-0.15, -0.1) is 0 Å². The Hall–Kier alpha value is 0.720. The van der Waals surface area contributed by atoms with Crippen LogP contribution in [-0.4, -0.2) is 65.1 Å². The van der Waals surface area contributed by atoms with Crippen LogP contribution in [0.3, 0.4) is 0 Å². The SMILES string of the molecule is OC[C@@H](O)[C@@H](O)[C@H](O)[C@@H](O)C(O)(Br)Br. The summed E-state index contributed by atoms with van der Waals surface area (Å²) in [7, 11) is 0. The zero-order chi connectivity index (χ0) is 11.5. The second-order valence-corrected chi connectivity index (χ2v) is 6.25. The largest absolute Gasteiger partial charge is 0.394 e. The first kappa shape index (κ1) is 14.7. The van der Waals surface area contributed by atoms with E-state index < -0.39 is 34.4 Å². The highest BCUT2D eigenvalue weighted by Gasteiger charge is 2.40. The summed E-state index contributed by atoms with van der Waals surface area (Å²) in [6, 6.07) is 0. The van der Waals surface area contributed by atoms with Gasteiger partial charge in [-0.3, -0.25) is 0 Å². The molecule has 4 atom stereocenters. The fraction of sp³-hybridized carbons (Fsp3) is 1.00. The van der Waals surface area contributed by atoms with Crippen LogP contribution in [0, 0.1) is 0 Å². The van der Waals surface area contributed by atoms with Crippen LogP contribution in [-0.2, 0) is 0 Å². The predicted molar refractivity (Wildman–Crippen MR) is 53.9 cm³/mol. The molecule has 0 aliphatic rings. The lowest BCUT2D eigenvalue weighted by atomic mass is 10.0. The molecular weight excluding hydrogens is 328 g/mol. The van der Waals surface area contributed by atoms with E-state index in [9.17, 15) is 10.2 Å². The lowest BCUT2D eigenvalue weighted by Gasteiger charge is -2.30. The van der Waals surface area contributed by atoms with Crippen molar-refractivity contribution in [2.24, 2.45) is 0 Å². The van der Waals surface area contributed by atoms with E-state index in [1.807, 2.05) is 0 Å². The van der Waals surface area contributed by atoms with E-state index in [0.29, 0.717) is 0 Å². The molecule has 0 fully saturated rings. The maximum absolute atomic E-state index is 9.23. The molecule has 0 spiro atoms. The number of hydrogen-bond donors (Lipinski definition) is 6. The Kier molecular flexibility index (Phi) is 6.00. The first-order valence-corrected chi connectivity index (χ1v) is 5.23. The summed E-state index contributed by atoms with van der Waals surface area (Å²) >= 11 is 5.18. The number of rotatable bonds is 5. The molecule has 6 N–H and O–H groups in total. The van der Waals surface area contributed by atoms with Crippen molar-refractivity contribution in [3.05, 3.63) is 0 Å². The first-order valence-electron chi connectivity index (χ1n) is 3.65. The van der Waals surface area contributed by atoms with Crippen molar-refractivity contribution < 1.29 is 30.6 Å². The van der Waals surface area contributed by atoms with Gasteiger partial charge in [0.2, 0.25) is 3.42 Å². The summed E-state index contributed by atoms with van der Waals surface area (Å²) in [5, 5.41) is 54.1. The van der Waals surface area contributed by atoms with Gasteiger partial charge in [0.25, 0.3) is 0 Å². The van der Waals surface area contributed by atoms with Crippen molar-refractivity contribution in [1.29, 1.82) is 0 Å². The fourth-order valence-electron chi connectivity index (χ4n) is 0.728. The molecule has 0 aliphatic heterocycles. The average molecular weight is 340 g/mol. The third-order valence-corrected chi connectivity index (χ3v) is 2.55. The van der Waals surface area contributed by atoms with Crippen LogP contribution in [0.4, 0.5) is 0 Å². The lowest BCUT2D eigenvalue weighted by molar-refractivity contribution is -0.130. The first-order chi connectivity index (χ1) is 6.21. The van der Waals surface area contributed by atoms with Crippen molar-refractivity contribution in [2.45, 2.75) is 27.8 Å². The molecule has 0 aromatic heterocycles. The molecule has 0 aromatic carbocycles. The highest BCUT2D eigenvalue weighted by atomic mass is 79.9. The van der Waals surface area contributed by atoms with E-state index in [2.05, 4.69) is 31.9 Å². The zero-order valence-electron chi connectivity index (χ0n) is 6.96.